The summed E-state index contributed by atoms with van der Waals surface area (Å²) in [5, 5.41) is 0. The van der Waals surface area contributed by atoms with Gasteiger partial charge in [-0.05, 0) is 118 Å². The predicted octanol–water partition coefficient (Wildman–Crippen LogP) is 8.82. The van der Waals surface area contributed by atoms with Gasteiger partial charge in [0.25, 0.3) is 0 Å². The highest BCUT2D eigenvalue weighted by molar-refractivity contribution is 5.65. The second kappa shape index (κ2) is 22.7. The Morgan fingerprint density at radius 3 is 1.02 bits per heavy atom. The van der Waals surface area contributed by atoms with Gasteiger partial charge in [0, 0.05) is 0 Å². The number of hydrogen-bond acceptors (Lipinski definition) is 10. The Hall–Kier alpha value is -4.16. The van der Waals surface area contributed by atoms with E-state index in [1.165, 1.54) is 0 Å². The highest BCUT2D eigenvalue weighted by Gasteiger charge is 2.24. The van der Waals surface area contributed by atoms with Gasteiger partial charge in [0.2, 0.25) is 0 Å². The Kier molecular flexibility index (Phi) is 16.9. The Labute approximate surface area is 338 Å². The molecule has 0 aliphatic carbocycles. The van der Waals surface area contributed by atoms with Crippen molar-refractivity contribution in [1.82, 2.24) is 0 Å². The van der Waals surface area contributed by atoms with Crippen LogP contribution in [0.4, 0.5) is 0 Å². The molecule has 0 radical (unpaired) electrons. The summed E-state index contributed by atoms with van der Waals surface area (Å²) in [6, 6.07) is 32.7. The standard InChI is InChI=1S/C47H60O10/c1-34(52-30-46-32-56-46)26-50-36(3)28-54-44-20-12-40(13-21-44)38-8-16-42(17-9-38)48-24-6-5-7-25-49-43-18-10-39(11-19-43)41-14-22-45(23-15-41)55-29-37(4)51-27-35(2)53-31-47-33-57-47/h8-23,34-37,46-47H,5-7,24-33H2,1-4H3. The molecule has 10 nitrogen and oxygen atoms in total. The number of hydrogen-bond donors (Lipinski definition) is 0. The van der Waals surface area contributed by atoms with Gasteiger partial charge in [-0.1, -0.05) is 48.5 Å². The van der Waals surface area contributed by atoms with Gasteiger partial charge in [0.15, 0.2) is 0 Å². The number of unbranched alkanes of at least 4 members (excludes halogenated alkanes) is 2. The van der Waals surface area contributed by atoms with Crippen LogP contribution in [0.2, 0.25) is 0 Å². The van der Waals surface area contributed by atoms with E-state index in [9.17, 15) is 0 Å². The predicted molar refractivity (Wildman–Crippen MR) is 221 cm³/mol. The third-order valence-electron chi connectivity index (χ3n) is 9.55. The van der Waals surface area contributed by atoms with Crippen LogP contribution < -0.4 is 18.9 Å². The fourth-order valence-corrected chi connectivity index (χ4v) is 5.83. The second-order valence-electron chi connectivity index (χ2n) is 15.0. The van der Waals surface area contributed by atoms with Crippen molar-refractivity contribution >= 4 is 0 Å². The smallest absolute Gasteiger partial charge is 0.119 e. The lowest BCUT2D eigenvalue weighted by molar-refractivity contribution is -0.0451. The molecule has 6 unspecified atom stereocenters. The molecule has 0 aromatic heterocycles. The van der Waals surface area contributed by atoms with Crippen LogP contribution in [0, 0.1) is 0 Å². The van der Waals surface area contributed by atoms with Crippen molar-refractivity contribution < 1.29 is 47.4 Å². The van der Waals surface area contributed by atoms with Crippen LogP contribution >= 0.6 is 0 Å². The molecule has 6 atom stereocenters. The summed E-state index contributed by atoms with van der Waals surface area (Å²) in [7, 11) is 0. The first-order valence-electron chi connectivity index (χ1n) is 20.5. The largest absolute Gasteiger partial charge is 0.494 e. The summed E-state index contributed by atoms with van der Waals surface area (Å²) < 4.78 is 57.4. The lowest BCUT2D eigenvalue weighted by Crippen LogP contribution is -2.25. The molecule has 10 heteroatoms. The lowest BCUT2D eigenvalue weighted by atomic mass is 10.1. The molecule has 308 valence electrons. The average Bonchev–Trinajstić information content (AvgIpc) is 4.19. The Morgan fingerprint density at radius 1 is 0.404 bits per heavy atom. The van der Waals surface area contributed by atoms with Crippen LogP contribution in [0.3, 0.4) is 0 Å². The molecule has 4 aromatic rings. The number of benzene rings is 4. The van der Waals surface area contributed by atoms with Gasteiger partial charge < -0.3 is 47.4 Å². The van der Waals surface area contributed by atoms with Crippen molar-refractivity contribution in [3.05, 3.63) is 97.1 Å². The van der Waals surface area contributed by atoms with E-state index in [0.717, 1.165) is 77.7 Å². The van der Waals surface area contributed by atoms with Crippen molar-refractivity contribution in [2.24, 2.45) is 0 Å². The van der Waals surface area contributed by atoms with E-state index in [1.807, 2.05) is 76.2 Å². The zero-order valence-corrected chi connectivity index (χ0v) is 34.0. The first-order chi connectivity index (χ1) is 27.9. The molecule has 0 bridgehead atoms. The lowest BCUT2D eigenvalue weighted by Gasteiger charge is -2.18. The van der Waals surface area contributed by atoms with Gasteiger partial charge in [-0.25, -0.2) is 0 Å². The molecular formula is C47H60O10. The molecule has 0 saturated carbocycles. The third kappa shape index (κ3) is 16.0. The molecule has 2 aliphatic heterocycles. The van der Waals surface area contributed by atoms with Gasteiger partial charge in [-0.3, -0.25) is 0 Å². The Bertz CT molecular complexity index is 1560. The fourth-order valence-electron chi connectivity index (χ4n) is 5.83. The van der Waals surface area contributed by atoms with E-state index in [2.05, 4.69) is 48.5 Å². The van der Waals surface area contributed by atoms with Gasteiger partial charge in [-0.15, -0.1) is 0 Å². The zero-order chi connectivity index (χ0) is 39.7. The van der Waals surface area contributed by atoms with Gasteiger partial charge in [0.1, 0.15) is 48.4 Å². The average molecular weight is 785 g/mol. The van der Waals surface area contributed by atoms with Crippen molar-refractivity contribution in [3.8, 4) is 45.3 Å². The summed E-state index contributed by atoms with van der Waals surface area (Å²) >= 11 is 0. The normalized spacial score (nSPS) is 18.0. The first kappa shape index (κ1) is 42.4. The molecule has 0 N–H and O–H groups in total. The quantitative estimate of drug-likeness (QED) is 0.0411. The molecule has 6 rings (SSSR count). The van der Waals surface area contributed by atoms with Gasteiger partial charge in [0.05, 0.1) is 77.3 Å². The number of rotatable bonds is 28. The van der Waals surface area contributed by atoms with E-state index in [-0.39, 0.29) is 36.6 Å². The minimum atomic E-state index is -0.0362. The van der Waals surface area contributed by atoms with Crippen LogP contribution in [-0.4, -0.2) is 103 Å². The van der Waals surface area contributed by atoms with Crippen molar-refractivity contribution in [2.75, 3.05) is 66.1 Å². The molecule has 2 saturated heterocycles. The molecule has 0 spiro atoms. The monoisotopic (exact) mass is 784 g/mol. The third-order valence-corrected chi connectivity index (χ3v) is 9.55. The number of epoxide rings is 2. The summed E-state index contributed by atoms with van der Waals surface area (Å²) in [4.78, 5) is 0. The van der Waals surface area contributed by atoms with Crippen LogP contribution in [0.15, 0.2) is 97.1 Å². The molecule has 0 amide bonds. The van der Waals surface area contributed by atoms with Gasteiger partial charge >= 0.3 is 0 Å². The first-order valence-corrected chi connectivity index (χ1v) is 20.5. The van der Waals surface area contributed by atoms with Crippen LogP contribution in [0.25, 0.3) is 22.3 Å². The highest BCUT2D eigenvalue weighted by Crippen LogP contribution is 2.27. The minimum absolute atomic E-state index is 0.0314. The van der Waals surface area contributed by atoms with Crippen LogP contribution in [-0.2, 0) is 28.4 Å². The molecule has 2 aliphatic rings. The minimum Gasteiger partial charge on any atom is -0.494 e. The maximum absolute atomic E-state index is 6.01. The summed E-state index contributed by atoms with van der Waals surface area (Å²) in [5.41, 5.74) is 4.50. The second-order valence-corrected chi connectivity index (χ2v) is 15.0. The Morgan fingerprint density at radius 2 is 0.702 bits per heavy atom. The SMILES string of the molecule is CC(COc1ccc(-c2ccc(OCCCCCOc3ccc(-c4ccc(OCC(C)OCC(C)OCC5CO5)cc4)cc3)cc2)cc1)OCC(C)OCC1CO1. The van der Waals surface area contributed by atoms with E-state index in [1.54, 1.807) is 0 Å². The van der Waals surface area contributed by atoms with E-state index in [4.69, 9.17) is 47.4 Å². The maximum atomic E-state index is 6.01. The molecule has 4 aromatic carbocycles. The van der Waals surface area contributed by atoms with E-state index >= 15 is 0 Å². The maximum Gasteiger partial charge on any atom is 0.119 e. The van der Waals surface area contributed by atoms with Crippen LogP contribution in [0.5, 0.6) is 23.0 Å². The molecule has 2 fully saturated rings. The Balaban J connectivity index is 0.791. The summed E-state index contributed by atoms with van der Waals surface area (Å²) in [6.45, 7) is 14.3. The highest BCUT2D eigenvalue weighted by atomic mass is 16.6. The topological polar surface area (TPSA) is 98.9 Å². The molecule has 57 heavy (non-hydrogen) atoms. The van der Waals surface area contributed by atoms with Gasteiger partial charge in [-0.2, -0.15) is 0 Å². The zero-order valence-electron chi connectivity index (χ0n) is 34.0. The number of ether oxygens (including phenoxy) is 10. The van der Waals surface area contributed by atoms with Crippen LogP contribution in [0.1, 0.15) is 47.0 Å². The van der Waals surface area contributed by atoms with E-state index in [0.29, 0.717) is 52.9 Å². The molecular weight excluding hydrogens is 725 g/mol. The van der Waals surface area contributed by atoms with Crippen molar-refractivity contribution in [3.63, 3.8) is 0 Å². The van der Waals surface area contributed by atoms with Crippen molar-refractivity contribution in [1.29, 1.82) is 0 Å². The van der Waals surface area contributed by atoms with E-state index < -0.39 is 0 Å². The molecule has 2 heterocycles. The van der Waals surface area contributed by atoms with Crippen molar-refractivity contribution in [2.45, 2.75) is 83.6 Å². The summed E-state index contributed by atoms with van der Waals surface area (Å²) in [6.07, 6.45) is 3.49. The summed E-state index contributed by atoms with van der Waals surface area (Å²) in [5.74, 6) is 3.38. The fraction of sp³-hybridized carbons (Fsp3) is 0.489.